The van der Waals surface area contributed by atoms with E-state index in [0.29, 0.717) is 5.92 Å². The predicted octanol–water partition coefficient (Wildman–Crippen LogP) is 1.47. The zero-order valence-corrected chi connectivity index (χ0v) is 8.78. The van der Waals surface area contributed by atoms with Crippen LogP contribution < -0.4 is 11.2 Å². The number of amides is 2. The van der Waals surface area contributed by atoms with Gasteiger partial charge >= 0.3 is 6.03 Å². The summed E-state index contributed by atoms with van der Waals surface area (Å²) in [6, 6.07) is -0.547. The van der Waals surface area contributed by atoms with E-state index in [4.69, 9.17) is 5.73 Å². The van der Waals surface area contributed by atoms with Crippen LogP contribution in [0.5, 0.6) is 0 Å². The van der Waals surface area contributed by atoms with Gasteiger partial charge in [-0.2, -0.15) is 5.10 Å². The lowest BCUT2D eigenvalue weighted by molar-refractivity contribution is 0.249. The SMILES string of the molecule is NC(=O)N/N=C1/C[C@@H]2CC[C@H]3CC[C@H]1[C@H]32. The fraction of sp³-hybridized carbons (Fsp3) is 0.818. The molecule has 82 valence electrons. The molecule has 3 N–H and O–H groups in total. The Kier molecular flexibility index (Phi) is 1.97. The molecule has 0 aromatic heterocycles. The van der Waals surface area contributed by atoms with Crippen molar-refractivity contribution in [3.8, 4) is 0 Å². The lowest BCUT2D eigenvalue weighted by atomic mass is 9.92. The van der Waals surface area contributed by atoms with Gasteiger partial charge in [-0.05, 0) is 49.9 Å². The molecule has 3 aliphatic carbocycles. The molecule has 0 aromatic rings. The molecule has 0 aromatic carbocycles. The zero-order chi connectivity index (χ0) is 10.4. The minimum absolute atomic E-state index is 0.547. The largest absolute Gasteiger partial charge is 0.350 e. The van der Waals surface area contributed by atoms with E-state index >= 15 is 0 Å². The quantitative estimate of drug-likeness (QED) is 0.628. The molecule has 0 unspecified atom stereocenters. The van der Waals surface area contributed by atoms with Crippen molar-refractivity contribution in [2.45, 2.75) is 32.1 Å². The average Bonchev–Trinajstić information content (AvgIpc) is 2.83. The van der Waals surface area contributed by atoms with Crippen LogP contribution in [0.15, 0.2) is 5.10 Å². The van der Waals surface area contributed by atoms with Crippen molar-refractivity contribution in [1.29, 1.82) is 0 Å². The number of nitrogens with one attached hydrogen (secondary N) is 1. The average molecular weight is 207 g/mol. The number of primary amides is 1. The number of nitrogens with two attached hydrogens (primary N) is 1. The van der Waals surface area contributed by atoms with Gasteiger partial charge in [-0.1, -0.05) is 0 Å². The van der Waals surface area contributed by atoms with Gasteiger partial charge in [0.2, 0.25) is 0 Å². The number of hydrazone groups is 1. The Bertz CT molecular complexity index is 326. The highest BCUT2D eigenvalue weighted by molar-refractivity contribution is 5.90. The molecule has 3 fully saturated rings. The molecule has 0 saturated heterocycles. The number of hydrogen-bond donors (Lipinski definition) is 2. The summed E-state index contributed by atoms with van der Waals surface area (Å²) in [4.78, 5) is 10.6. The summed E-state index contributed by atoms with van der Waals surface area (Å²) in [6.07, 6.45) is 6.50. The third-order valence-corrected chi connectivity index (χ3v) is 4.52. The summed E-state index contributed by atoms with van der Waals surface area (Å²) < 4.78 is 0. The number of rotatable bonds is 1. The highest BCUT2D eigenvalue weighted by Gasteiger charge is 2.51. The second-order valence-corrected chi connectivity index (χ2v) is 5.14. The summed E-state index contributed by atoms with van der Waals surface area (Å²) in [7, 11) is 0. The molecule has 3 aliphatic rings. The van der Waals surface area contributed by atoms with Crippen molar-refractivity contribution < 1.29 is 4.79 Å². The van der Waals surface area contributed by atoms with Crippen LogP contribution in [-0.2, 0) is 0 Å². The smallest absolute Gasteiger partial charge is 0.332 e. The standard InChI is InChI=1S/C11H17N3O/c12-11(15)14-13-9-5-7-2-1-6-3-4-8(9)10(6)7/h6-8,10H,1-5H2,(H3,12,14,15)/b13-9-/t6-,7-,8+,10+/m0/s1. The second kappa shape index (κ2) is 3.22. The molecule has 0 heterocycles. The first-order valence-electron chi connectivity index (χ1n) is 5.87. The van der Waals surface area contributed by atoms with E-state index in [1.54, 1.807) is 0 Å². The first-order valence-corrected chi connectivity index (χ1v) is 5.87. The molecule has 15 heavy (non-hydrogen) atoms. The lowest BCUT2D eigenvalue weighted by Gasteiger charge is -2.12. The summed E-state index contributed by atoms with van der Waals surface area (Å²) in [5.41, 5.74) is 8.61. The van der Waals surface area contributed by atoms with E-state index in [2.05, 4.69) is 10.5 Å². The van der Waals surface area contributed by atoms with Crippen molar-refractivity contribution in [1.82, 2.24) is 5.43 Å². The first kappa shape index (κ1) is 9.19. The van der Waals surface area contributed by atoms with Gasteiger partial charge in [-0.3, -0.25) is 0 Å². The fourth-order valence-corrected chi connectivity index (χ4v) is 4.08. The summed E-state index contributed by atoms with van der Waals surface area (Å²) in [5, 5.41) is 4.18. The van der Waals surface area contributed by atoms with Gasteiger partial charge in [-0.15, -0.1) is 0 Å². The molecule has 0 bridgehead atoms. The number of urea groups is 1. The van der Waals surface area contributed by atoms with Crippen LogP contribution in [0.3, 0.4) is 0 Å². The van der Waals surface area contributed by atoms with Crippen LogP contribution >= 0.6 is 0 Å². The minimum Gasteiger partial charge on any atom is -0.350 e. The minimum atomic E-state index is -0.547. The van der Waals surface area contributed by atoms with Gasteiger partial charge < -0.3 is 5.73 Å². The fourth-order valence-electron chi connectivity index (χ4n) is 4.08. The van der Waals surface area contributed by atoms with E-state index in [1.807, 2.05) is 0 Å². The van der Waals surface area contributed by atoms with E-state index in [0.717, 1.165) is 24.2 Å². The molecule has 4 heteroatoms. The predicted molar refractivity (Wildman–Crippen MR) is 57.2 cm³/mol. The van der Waals surface area contributed by atoms with Crippen LogP contribution in [0, 0.1) is 23.7 Å². The van der Waals surface area contributed by atoms with Crippen LogP contribution in [-0.4, -0.2) is 11.7 Å². The van der Waals surface area contributed by atoms with Crippen LogP contribution in [0.25, 0.3) is 0 Å². The van der Waals surface area contributed by atoms with Gasteiger partial charge in [-0.25, -0.2) is 10.2 Å². The van der Waals surface area contributed by atoms with Crippen LogP contribution in [0.1, 0.15) is 32.1 Å². The third kappa shape index (κ3) is 1.34. The highest BCUT2D eigenvalue weighted by atomic mass is 16.2. The molecular formula is C11H17N3O. The van der Waals surface area contributed by atoms with Gasteiger partial charge in [0.25, 0.3) is 0 Å². The Morgan fingerprint density at radius 1 is 1.27 bits per heavy atom. The first-order chi connectivity index (χ1) is 7.25. The maximum Gasteiger partial charge on any atom is 0.332 e. The third-order valence-electron chi connectivity index (χ3n) is 4.52. The topological polar surface area (TPSA) is 67.5 Å². The van der Waals surface area contributed by atoms with Gasteiger partial charge in [0, 0.05) is 11.6 Å². The van der Waals surface area contributed by atoms with Gasteiger partial charge in [0.05, 0.1) is 0 Å². The molecule has 4 atom stereocenters. The van der Waals surface area contributed by atoms with Crippen molar-refractivity contribution in [2.24, 2.45) is 34.5 Å². The summed E-state index contributed by atoms with van der Waals surface area (Å²) in [5.74, 6) is 3.31. The highest BCUT2D eigenvalue weighted by Crippen LogP contribution is 2.57. The zero-order valence-electron chi connectivity index (χ0n) is 8.78. The van der Waals surface area contributed by atoms with Crippen molar-refractivity contribution in [3.63, 3.8) is 0 Å². The normalized spacial score (nSPS) is 44.7. The van der Waals surface area contributed by atoms with Gasteiger partial charge in [0.15, 0.2) is 0 Å². The van der Waals surface area contributed by atoms with Gasteiger partial charge in [0.1, 0.15) is 0 Å². The second-order valence-electron chi connectivity index (χ2n) is 5.14. The number of hydrogen-bond acceptors (Lipinski definition) is 2. The molecular weight excluding hydrogens is 190 g/mol. The van der Waals surface area contributed by atoms with Crippen LogP contribution in [0.4, 0.5) is 4.79 Å². The molecule has 0 radical (unpaired) electrons. The van der Waals surface area contributed by atoms with Crippen LogP contribution in [0.2, 0.25) is 0 Å². The molecule has 3 rings (SSSR count). The maximum atomic E-state index is 10.6. The maximum absolute atomic E-state index is 10.6. The van der Waals surface area contributed by atoms with E-state index < -0.39 is 6.03 Å². The molecule has 3 saturated carbocycles. The lowest BCUT2D eigenvalue weighted by Crippen LogP contribution is -2.26. The summed E-state index contributed by atoms with van der Waals surface area (Å²) >= 11 is 0. The Labute approximate surface area is 89.3 Å². The van der Waals surface area contributed by atoms with Crippen molar-refractivity contribution in [3.05, 3.63) is 0 Å². The Hall–Kier alpha value is -1.06. The summed E-state index contributed by atoms with van der Waals surface area (Å²) in [6.45, 7) is 0. The molecule has 2 amide bonds. The number of carbonyl (C=O) groups excluding carboxylic acids is 1. The Morgan fingerprint density at radius 3 is 2.80 bits per heavy atom. The van der Waals surface area contributed by atoms with E-state index in [1.165, 1.54) is 31.4 Å². The number of carbonyl (C=O) groups is 1. The monoisotopic (exact) mass is 207 g/mol. The van der Waals surface area contributed by atoms with Crippen molar-refractivity contribution >= 4 is 11.7 Å². The Balaban J connectivity index is 1.78. The Morgan fingerprint density at radius 2 is 2.00 bits per heavy atom. The molecule has 0 aliphatic heterocycles. The van der Waals surface area contributed by atoms with Crippen molar-refractivity contribution in [2.75, 3.05) is 0 Å². The molecule has 0 spiro atoms. The van der Waals surface area contributed by atoms with E-state index in [-0.39, 0.29) is 0 Å². The number of nitrogens with zero attached hydrogens (tertiary/aromatic N) is 1. The molecule has 4 nitrogen and oxygen atoms in total. The van der Waals surface area contributed by atoms with E-state index in [9.17, 15) is 4.79 Å².